The minimum Gasteiger partial charge on any atom is -0.516 e. The van der Waals surface area contributed by atoms with Crippen molar-refractivity contribution < 1.29 is 14.7 Å². The maximum atomic E-state index is 11.5. The largest absolute Gasteiger partial charge is 0.516 e. The molecule has 2 N–H and O–H groups in total. The Bertz CT molecular complexity index is 649. The minimum absolute atomic E-state index is 0.00410. The van der Waals surface area contributed by atoms with Crippen LogP contribution < -0.4 is 5.32 Å². The molecule has 0 saturated carbocycles. The highest BCUT2D eigenvalue weighted by Crippen LogP contribution is 2.11. The number of allylic oxidation sites excluding steroid dienone is 7. The fourth-order valence-electron chi connectivity index (χ4n) is 2.18. The third-order valence-electron chi connectivity index (χ3n) is 3.99. The van der Waals surface area contributed by atoms with Gasteiger partial charge < -0.3 is 10.4 Å². The summed E-state index contributed by atoms with van der Waals surface area (Å²) in [5, 5.41) is 12.3. The molecule has 0 aromatic heterocycles. The topological polar surface area (TPSA) is 66.4 Å². The number of hydrogen-bond donors (Lipinski definition) is 2. The van der Waals surface area contributed by atoms with E-state index in [-0.39, 0.29) is 5.78 Å². The molecule has 0 heterocycles. The average Bonchev–Trinajstić information content (AvgIpc) is 2.63. The number of aliphatic hydroxyl groups excluding tert-OH is 1. The van der Waals surface area contributed by atoms with E-state index in [0.717, 1.165) is 18.3 Å². The molecule has 0 amide bonds. The third-order valence-corrected chi connectivity index (χ3v) is 3.99. The fourth-order valence-corrected chi connectivity index (χ4v) is 2.18. The van der Waals surface area contributed by atoms with E-state index in [1.165, 1.54) is 13.0 Å². The van der Waals surface area contributed by atoms with Crippen LogP contribution in [0.3, 0.4) is 0 Å². The van der Waals surface area contributed by atoms with Crippen molar-refractivity contribution in [2.24, 2.45) is 5.92 Å². The second-order valence-corrected chi connectivity index (χ2v) is 6.51. The molecule has 0 aliphatic heterocycles. The van der Waals surface area contributed by atoms with Crippen molar-refractivity contribution in [3.05, 3.63) is 72.2 Å². The van der Waals surface area contributed by atoms with Crippen LogP contribution in [0.15, 0.2) is 72.2 Å². The van der Waals surface area contributed by atoms with Gasteiger partial charge in [0.1, 0.15) is 5.78 Å². The Morgan fingerprint density at radius 2 is 1.85 bits per heavy atom. The van der Waals surface area contributed by atoms with E-state index < -0.39 is 0 Å². The summed E-state index contributed by atoms with van der Waals surface area (Å²) in [4.78, 5) is 22.8. The number of aliphatic hydroxyl groups is 1. The Morgan fingerprint density at radius 3 is 2.41 bits per heavy atom. The van der Waals surface area contributed by atoms with Gasteiger partial charge in [-0.25, -0.2) is 0 Å². The Morgan fingerprint density at radius 1 is 1.15 bits per heavy atom. The predicted octanol–water partition coefficient (Wildman–Crippen LogP) is 5.13. The number of ketones is 2. The van der Waals surface area contributed by atoms with E-state index in [1.54, 1.807) is 25.2 Å². The standard InChI is InChI=1S/C23H33NO3/c1-6-9-21(11-8-10-18(3)16-23(27)7-2)17-24-22(14-15-25)13-12-19(4)20(5)26/h6,8-9,11-15,18,24-25H,1,7,10,16-17H2,2-5H3/b11-8-,15-14+,19-12+,21-9+,22-13+. The van der Waals surface area contributed by atoms with Gasteiger partial charge in [0, 0.05) is 25.1 Å². The van der Waals surface area contributed by atoms with Crippen molar-refractivity contribution in [3.63, 3.8) is 0 Å². The highest BCUT2D eigenvalue weighted by molar-refractivity contribution is 5.92. The zero-order valence-corrected chi connectivity index (χ0v) is 17.0. The first-order chi connectivity index (χ1) is 12.8. The summed E-state index contributed by atoms with van der Waals surface area (Å²) in [5.41, 5.74) is 2.34. The molecule has 0 aliphatic rings. The smallest absolute Gasteiger partial charge is 0.155 e. The van der Waals surface area contributed by atoms with Crippen molar-refractivity contribution in [1.82, 2.24) is 5.32 Å². The molecule has 1 unspecified atom stereocenters. The van der Waals surface area contributed by atoms with E-state index in [0.29, 0.717) is 42.4 Å². The highest BCUT2D eigenvalue weighted by atomic mass is 16.2. The Hall–Kier alpha value is -2.62. The minimum atomic E-state index is 0.00410. The number of carbonyl (C=O) groups is 2. The summed E-state index contributed by atoms with van der Waals surface area (Å²) < 4.78 is 0. The molecular weight excluding hydrogens is 338 g/mol. The van der Waals surface area contributed by atoms with Gasteiger partial charge in [-0.1, -0.05) is 50.8 Å². The summed E-state index contributed by atoms with van der Waals surface area (Å²) in [6, 6.07) is 0. The molecule has 0 aromatic carbocycles. The van der Waals surface area contributed by atoms with Crippen molar-refractivity contribution >= 4 is 11.6 Å². The number of Topliss-reactive ketones (excluding diaryl/α,β-unsaturated/α-hetero) is 2. The maximum absolute atomic E-state index is 11.5. The second-order valence-electron chi connectivity index (χ2n) is 6.51. The third kappa shape index (κ3) is 12.4. The summed E-state index contributed by atoms with van der Waals surface area (Å²) >= 11 is 0. The van der Waals surface area contributed by atoms with Crippen molar-refractivity contribution in [3.8, 4) is 0 Å². The molecule has 0 aromatic rings. The van der Waals surface area contributed by atoms with Crippen molar-refractivity contribution in [2.75, 3.05) is 6.54 Å². The van der Waals surface area contributed by atoms with Gasteiger partial charge >= 0.3 is 0 Å². The quantitative estimate of drug-likeness (QED) is 0.267. The summed E-state index contributed by atoms with van der Waals surface area (Å²) in [6.45, 7) is 11.5. The van der Waals surface area contributed by atoms with Crippen LogP contribution >= 0.6 is 0 Å². The lowest BCUT2D eigenvalue weighted by Gasteiger charge is -2.09. The Labute approximate surface area is 163 Å². The maximum Gasteiger partial charge on any atom is 0.155 e. The first-order valence-corrected chi connectivity index (χ1v) is 9.27. The molecule has 0 fully saturated rings. The molecule has 0 bridgehead atoms. The lowest BCUT2D eigenvalue weighted by atomic mass is 9.99. The van der Waals surface area contributed by atoms with Gasteiger partial charge in [0.05, 0.1) is 6.26 Å². The SMILES string of the molecule is C=C/C=C(\C=C/CC(C)CC(=O)CC)CNC(/C=C/O)=C/C=C(\C)C(C)=O. The van der Waals surface area contributed by atoms with E-state index in [1.807, 2.05) is 19.1 Å². The molecule has 27 heavy (non-hydrogen) atoms. The number of carbonyl (C=O) groups excluding carboxylic acids is 2. The number of nitrogens with one attached hydrogen (secondary N) is 1. The van der Waals surface area contributed by atoms with Crippen LogP contribution in [0.25, 0.3) is 0 Å². The lowest BCUT2D eigenvalue weighted by molar-refractivity contribution is -0.119. The zero-order valence-electron chi connectivity index (χ0n) is 17.0. The molecule has 0 radical (unpaired) electrons. The van der Waals surface area contributed by atoms with Crippen LogP contribution in [0.4, 0.5) is 0 Å². The molecular formula is C23H33NO3. The van der Waals surface area contributed by atoms with Crippen LogP contribution in [0.5, 0.6) is 0 Å². The highest BCUT2D eigenvalue weighted by Gasteiger charge is 2.05. The van der Waals surface area contributed by atoms with E-state index in [9.17, 15) is 9.59 Å². The second kappa shape index (κ2) is 14.5. The summed E-state index contributed by atoms with van der Waals surface area (Å²) in [7, 11) is 0. The molecule has 0 saturated heterocycles. The van der Waals surface area contributed by atoms with E-state index in [4.69, 9.17) is 5.11 Å². The number of hydrogen-bond acceptors (Lipinski definition) is 4. The zero-order chi connectivity index (χ0) is 20.7. The van der Waals surface area contributed by atoms with Gasteiger partial charge in [-0.15, -0.1) is 0 Å². The molecule has 4 nitrogen and oxygen atoms in total. The monoisotopic (exact) mass is 371 g/mol. The molecule has 4 heteroatoms. The first kappa shape index (κ1) is 24.4. The molecule has 0 spiro atoms. The van der Waals surface area contributed by atoms with Crippen LogP contribution in [-0.4, -0.2) is 23.2 Å². The van der Waals surface area contributed by atoms with E-state index in [2.05, 4.69) is 24.9 Å². The number of rotatable bonds is 13. The Balaban J connectivity index is 4.91. The van der Waals surface area contributed by atoms with Gasteiger partial charge in [-0.05, 0) is 49.5 Å². The van der Waals surface area contributed by atoms with Crippen molar-refractivity contribution in [2.45, 2.75) is 47.0 Å². The Kier molecular flexibility index (Phi) is 13.1. The molecule has 0 aliphatic carbocycles. The first-order valence-electron chi connectivity index (χ1n) is 9.27. The summed E-state index contributed by atoms with van der Waals surface area (Å²) in [5.74, 6) is 0.613. The van der Waals surface area contributed by atoms with Crippen LogP contribution in [-0.2, 0) is 9.59 Å². The lowest BCUT2D eigenvalue weighted by Crippen LogP contribution is -2.15. The van der Waals surface area contributed by atoms with Gasteiger partial charge in [-0.3, -0.25) is 9.59 Å². The van der Waals surface area contributed by atoms with Crippen LogP contribution in [0.2, 0.25) is 0 Å². The molecule has 0 rings (SSSR count). The van der Waals surface area contributed by atoms with Gasteiger partial charge in [0.25, 0.3) is 0 Å². The van der Waals surface area contributed by atoms with Gasteiger partial charge in [-0.2, -0.15) is 0 Å². The van der Waals surface area contributed by atoms with Crippen LogP contribution in [0.1, 0.15) is 47.0 Å². The van der Waals surface area contributed by atoms with E-state index >= 15 is 0 Å². The van der Waals surface area contributed by atoms with Crippen LogP contribution in [0, 0.1) is 5.92 Å². The molecule has 148 valence electrons. The van der Waals surface area contributed by atoms with Gasteiger partial charge in [0.15, 0.2) is 5.78 Å². The normalized spacial score (nSPS) is 14.6. The predicted molar refractivity (Wildman–Crippen MR) is 113 cm³/mol. The van der Waals surface area contributed by atoms with Gasteiger partial charge in [0.2, 0.25) is 0 Å². The fraction of sp³-hybridized carbons (Fsp3) is 0.391. The van der Waals surface area contributed by atoms with Crippen molar-refractivity contribution in [1.29, 1.82) is 0 Å². The summed E-state index contributed by atoms with van der Waals surface area (Å²) in [6.07, 6.45) is 15.7. The molecule has 1 atom stereocenters. The average molecular weight is 372 g/mol.